The second-order valence-electron chi connectivity index (χ2n) is 16.4. The predicted molar refractivity (Wildman–Crippen MR) is 241 cm³/mol. The highest BCUT2D eigenvalue weighted by atomic mass is 16.5. The van der Waals surface area contributed by atoms with Gasteiger partial charge in [0.05, 0.1) is 25.4 Å². The van der Waals surface area contributed by atoms with Crippen LogP contribution in [0.2, 0.25) is 0 Å². The van der Waals surface area contributed by atoms with Gasteiger partial charge in [-0.1, -0.05) is 211 Å². The number of nitrogens with one attached hydrogen (secondary N) is 1. The van der Waals surface area contributed by atoms with E-state index >= 15 is 0 Å². The molecular formula is C50H93NO5. The van der Waals surface area contributed by atoms with E-state index < -0.39 is 12.1 Å². The molecular weight excluding hydrogens is 695 g/mol. The number of allylic oxidation sites excluding steroid dienone is 5. The number of amides is 1. The third-order valence-electron chi connectivity index (χ3n) is 10.9. The summed E-state index contributed by atoms with van der Waals surface area (Å²) < 4.78 is 5.45. The molecule has 0 aromatic heterocycles. The van der Waals surface area contributed by atoms with Crippen LogP contribution in [-0.4, -0.2) is 47.4 Å². The third-order valence-corrected chi connectivity index (χ3v) is 10.9. The molecule has 0 rings (SSSR count). The summed E-state index contributed by atoms with van der Waals surface area (Å²) in [4.78, 5) is 24.4. The van der Waals surface area contributed by atoms with Crippen LogP contribution < -0.4 is 5.32 Å². The van der Waals surface area contributed by atoms with E-state index in [0.717, 1.165) is 64.2 Å². The Morgan fingerprint density at radius 3 is 1.41 bits per heavy atom. The van der Waals surface area contributed by atoms with E-state index in [9.17, 15) is 19.8 Å². The number of carbonyl (C=O) groups is 2. The lowest BCUT2D eigenvalue weighted by atomic mass is 10.0. The largest absolute Gasteiger partial charge is 0.466 e. The molecule has 6 heteroatoms. The molecule has 0 bridgehead atoms. The fourth-order valence-corrected chi connectivity index (χ4v) is 7.12. The highest BCUT2D eigenvalue weighted by Gasteiger charge is 2.18. The van der Waals surface area contributed by atoms with E-state index in [1.807, 2.05) is 6.08 Å². The van der Waals surface area contributed by atoms with E-state index in [2.05, 4.69) is 43.5 Å². The lowest BCUT2D eigenvalue weighted by molar-refractivity contribution is -0.143. The maximum absolute atomic E-state index is 12.4. The number of rotatable bonds is 44. The topological polar surface area (TPSA) is 95.9 Å². The predicted octanol–water partition coefficient (Wildman–Crippen LogP) is 14.1. The Bertz CT molecular complexity index is 915. The number of aliphatic hydroxyl groups excluding tert-OH is 2. The van der Waals surface area contributed by atoms with Crippen molar-refractivity contribution in [2.45, 2.75) is 257 Å². The Morgan fingerprint density at radius 2 is 0.911 bits per heavy atom. The van der Waals surface area contributed by atoms with Crippen molar-refractivity contribution >= 4 is 11.9 Å². The number of esters is 1. The van der Waals surface area contributed by atoms with Crippen LogP contribution in [0.5, 0.6) is 0 Å². The summed E-state index contributed by atoms with van der Waals surface area (Å²) in [7, 11) is 0. The Balaban J connectivity index is 3.48. The molecule has 2 unspecified atom stereocenters. The van der Waals surface area contributed by atoms with Crippen LogP contribution in [0.4, 0.5) is 0 Å². The summed E-state index contributed by atoms with van der Waals surface area (Å²) >= 11 is 0. The molecule has 0 spiro atoms. The molecule has 0 fully saturated rings. The van der Waals surface area contributed by atoms with Crippen LogP contribution in [0.3, 0.4) is 0 Å². The Kier molecular flexibility index (Phi) is 44.2. The number of unbranched alkanes of at least 4 members (excludes halogenated alkanes) is 29. The van der Waals surface area contributed by atoms with E-state index in [1.165, 1.54) is 154 Å². The van der Waals surface area contributed by atoms with Crippen molar-refractivity contribution in [2.24, 2.45) is 0 Å². The summed E-state index contributed by atoms with van der Waals surface area (Å²) in [5.74, 6) is -0.101. The van der Waals surface area contributed by atoms with E-state index in [-0.39, 0.29) is 18.5 Å². The molecule has 0 saturated carbocycles. The molecule has 6 nitrogen and oxygen atoms in total. The molecule has 1 amide bonds. The van der Waals surface area contributed by atoms with Gasteiger partial charge in [0.15, 0.2) is 0 Å². The van der Waals surface area contributed by atoms with Gasteiger partial charge in [-0.15, -0.1) is 0 Å². The average molecular weight is 788 g/mol. The number of aliphatic hydroxyl groups is 2. The number of hydrogen-bond donors (Lipinski definition) is 3. The molecule has 0 radical (unpaired) electrons. The summed E-state index contributed by atoms with van der Waals surface area (Å²) in [6.45, 7) is 4.81. The first-order chi connectivity index (χ1) is 27.5. The minimum atomic E-state index is -0.850. The maximum Gasteiger partial charge on any atom is 0.305 e. The van der Waals surface area contributed by atoms with Gasteiger partial charge in [-0.05, 0) is 57.8 Å². The van der Waals surface area contributed by atoms with Crippen LogP contribution in [-0.2, 0) is 14.3 Å². The minimum absolute atomic E-state index is 0.0191. The van der Waals surface area contributed by atoms with Gasteiger partial charge in [-0.2, -0.15) is 0 Å². The zero-order valence-electron chi connectivity index (χ0n) is 37.1. The monoisotopic (exact) mass is 788 g/mol. The van der Waals surface area contributed by atoms with E-state index in [0.29, 0.717) is 19.4 Å². The van der Waals surface area contributed by atoms with Gasteiger partial charge in [0.1, 0.15) is 0 Å². The second kappa shape index (κ2) is 45.8. The van der Waals surface area contributed by atoms with Gasteiger partial charge >= 0.3 is 5.97 Å². The number of ether oxygens (including phenoxy) is 1. The standard InChI is InChI=1S/C50H93NO5/c1-3-5-7-9-11-13-15-16-20-24-28-32-36-40-44-50(55)56-45-41-37-33-29-25-21-18-17-19-23-27-31-35-39-43-49(54)51-47(46-52)48(53)42-38-34-30-26-22-14-12-10-8-6-4-2/h9,11,15-16,38,42,47-48,52-53H,3-8,10,12-14,17-37,39-41,43-46H2,1-2H3,(H,51,54)/b11-9-,16-15-,42-38+. The van der Waals surface area contributed by atoms with Crippen molar-refractivity contribution < 1.29 is 24.5 Å². The molecule has 0 aromatic rings. The van der Waals surface area contributed by atoms with Crippen molar-refractivity contribution in [3.63, 3.8) is 0 Å². The van der Waals surface area contributed by atoms with Crippen molar-refractivity contribution in [2.75, 3.05) is 13.2 Å². The lowest BCUT2D eigenvalue weighted by Crippen LogP contribution is -2.45. The molecule has 0 aromatic carbocycles. The van der Waals surface area contributed by atoms with Gasteiger partial charge in [-0.3, -0.25) is 9.59 Å². The van der Waals surface area contributed by atoms with Crippen LogP contribution >= 0.6 is 0 Å². The Morgan fingerprint density at radius 1 is 0.500 bits per heavy atom. The molecule has 0 aliphatic carbocycles. The molecule has 3 N–H and O–H groups in total. The summed E-state index contributed by atoms with van der Waals surface area (Å²) in [5.41, 5.74) is 0. The molecule has 328 valence electrons. The molecule has 0 saturated heterocycles. The maximum atomic E-state index is 12.4. The smallest absolute Gasteiger partial charge is 0.305 e. The number of carbonyl (C=O) groups excluding carboxylic acids is 2. The van der Waals surface area contributed by atoms with Crippen molar-refractivity contribution in [1.29, 1.82) is 0 Å². The molecule has 0 aliphatic heterocycles. The van der Waals surface area contributed by atoms with Crippen LogP contribution in [0.1, 0.15) is 245 Å². The molecule has 0 heterocycles. The highest BCUT2D eigenvalue weighted by molar-refractivity contribution is 5.76. The first-order valence-corrected chi connectivity index (χ1v) is 24.3. The zero-order chi connectivity index (χ0) is 40.8. The molecule has 0 aliphatic rings. The molecule has 2 atom stereocenters. The SMILES string of the molecule is CCCC/C=C\C/C=C\CCCCCCCC(=O)OCCCCCCCCCCCCCCCCC(=O)NC(CO)C(O)/C=C/CCCCCCCCCCC. The summed E-state index contributed by atoms with van der Waals surface area (Å²) in [6, 6.07) is -0.635. The lowest BCUT2D eigenvalue weighted by Gasteiger charge is -2.20. The summed E-state index contributed by atoms with van der Waals surface area (Å²) in [5, 5.41) is 22.9. The molecule has 56 heavy (non-hydrogen) atoms. The quantitative estimate of drug-likeness (QED) is 0.0325. The van der Waals surface area contributed by atoms with Crippen LogP contribution in [0, 0.1) is 0 Å². The Hall–Kier alpha value is -1.92. The van der Waals surface area contributed by atoms with Gasteiger partial charge in [0.25, 0.3) is 0 Å². The fraction of sp³-hybridized carbons (Fsp3) is 0.840. The third kappa shape index (κ3) is 41.7. The number of hydrogen-bond acceptors (Lipinski definition) is 5. The fourth-order valence-electron chi connectivity index (χ4n) is 7.12. The second-order valence-corrected chi connectivity index (χ2v) is 16.4. The first kappa shape index (κ1) is 54.1. The summed E-state index contributed by atoms with van der Waals surface area (Å²) in [6.07, 6.45) is 54.2. The first-order valence-electron chi connectivity index (χ1n) is 24.3. The van der Waals surface area contributed by atoms with Crippen LogP contribution in [0.25, 0.3) is 0 Å². The van der Waals surface area contributed by atoms with E-state index in [4.69, 9.17) is 4.74 Å². The average Bonchev–Trinajstić information content (AvgIpc) is 3.20. The highest BCUT2D eigenvalue weighted by Crippen LogP contribution is 2.15. The van der Waals surface area contributed by atoms with Gasteiger partial charge in [0, 0.05) is 12.8 Å². The minimum Gasteiger partial charge on any atom is -0.466 e. The van der Waals surface area contributed by atoms with Gasteiger partial charge < -0.3 is 20.3 Å². The van der Waals surface area contributed by atoms with Crippen molar-refractivity contribution in [1.82, 2.24) is 5.32 Å². The van der Waals surface area contributed by atoms with Gasteiger partial charge in [-0.25, -0.2) is 0 Å². The Labute approximate surface area is 347 Å². The van der Waals surface area contributed by atoms with Crippen molar-refractivity contribution in [3.8, 4) is 0 Å². The van der Waals surface area contributed by atoms with Crippen molar-refractivity contribution in [3.05, 3.63) is 36.5 Å². The van der Waals surface area contributed by atoms with Gasteiger partial charge in [0.2, 0.25) is 5.91 Å². The van der Waals surface area contributed by atoms with E-state index in [1.54, 1.807) is 6.08 Å². The zero-order valence-corrected chi connectivity index (χ0v) is 37.1. The van der Waals surface area contributed by atoms with Crippen LogP contribution in [0.15, 0.2) is 36.5 Å². The normalized spacial score (nSPS) is 13.0.